The van der Waals surface area contributed by atoms with Gasteiger partial charge in [-0.3, -0.25) is 0 Å². The Morgan fingerprint density at radius 3 is 2.71 bits per heavy atom. The second-order valence-electron chi connectivity index (χ2n) is 5.32. The van der Waals surface area contributed by atoms with Gasteiger partial charge in [0.15, 0.2) is 5.82 Å². The van der Waals surface area contributed by atoms with Gasteiger partial charge in [-0.15, -0.1) is 0 Å². The molecule has 1 aromatic heterocycles. The molecule has 4 nitrogen and oxygen atoms in total. The Morgan fingerprint density at radius 2 is 2.06 bits per heavy atom. The van der Waals surface area contributed by atoms with Gasteiger partial charge >= 0.3 is 0 Å². The smallest absolute Gasteiger partial charge is 0.150 e. The van der Waals surface area contributed by atoms with Crippen molar-refractivity contribution in [2.24, 2.45) is 5.92 Å². The lowest BCUT2D eigenvalue weighted by Crippen LogP contribution is -2.42. The Balaban J connectivity index is 2.37. The van der Waals surface area contributed by atoms with E-state index >= 15 is 0 Å². The van der Waals surface area contributed by atoms with Crippen molar-refractivity contribution in [1.29, 1.82) is 0 Å². The monoisotopic (exact) mass is 236 g/mol. The van der Waals surface area contributed by atoms with Gasteiger partial charge < -0.3 is 10.6 Å². The molecular weight excluding hydrogens is 212 g/mol. The Labute approximate surface area is 104 Å². The maximum atomic E-state index is 6.19. The maximum Gasteiger partial charge on any atom is 0.150 e. The van der Waals surface area contributed by atoms with Gasteiger partial charge in [-0.25, -0.2) is 4.68 Å². The molecule has 2 unspecified atom stereocenters. The minimum absolute atomic E-state index is 0.565. The molecule has 1 aliphatic heterocycles. The minimum Gasteiger partial charge on any atom is -0.394 e. The Hall–Kier alpha value is -1.19. The number of nitrogens with two attached hydrogens (primary N) is 1. The predicted octanol–water partition coefficient (Wildman–Crippen LogP) is 2.42. The van der Waals surface area contributed by atoms with Crippen LogP contribution in [0.3, 0.4) is 0 Å². The number of aryl methyl sites for hydroxylation is 2. The van der Waals surface area contributed by atoms with Gasteiger partial charge in [0.05, 0.1) is 11.4 Å². The minimum atomic E-state index is 0.565. The molecule has 1 aromatic rings. The van der Waals surface area contributed by atoms with Crippen molar-refractivity contribution in [2.45, 2.75) is 53.1 Å². The summed E-state index contributed by atoms with van der Waals surface area (Å²) in [7, 11) is 0. The van der Waals surface area contributed by atoms with Crippen LogP contribution in [0.4, 0.5) is 11.5 Å². The van der Waals surface area contributed by atoms with Crippen LogP contribution in [0.25, 0.3) is 0 Å². The number of aromatic nitrogens is 2. The first-order valence-electron chi connectivity index (χ1n) is 6.64. The first kappa shape index (κ1) is 12.3. The highest BCUT2D eigenvalue weighted by atomic mass is 15.4. The van der Waals surface area contributed by atoms with Gasteiger partial charge in [0.25, 0.3) is 0 Å². The summed E-state index contributed by atoms with van der Waals surface area (Å²) in [5.74, 6) is 1.87. The summed E-state index contributed by atoms with van der Waals surface area (Å²) < 4.78 is 2.04. The molecule has 0 aromatic carbocycles. The first-order chi connectivity index (χ1) is 8.04. The summed E-state index contributed by atoms with van der Waals surface area (Å²) in [4.78, 5) is 2.44. The second-order valence-corrected chi connectivity index (χ2v) is 5.32. The van der Waals surface area contributed by atoms with Crippen LogP contribution < -0.4 is 10.6 Å². The van der Waals surface area contributed by atoms with Crippen LogP contribution >= 0.6 is 0 Å². The van der Waals surface area contributed by atoms with Crippen LogP contribution in [-0.4, -0.2) is 22.4 Å². The van der Waals surface area contributed by atoms with Crippen LogP contribution in [0.1, 0.15) is 39.3 Å². The molecule has 2 heterocycles. The highest BCUT2D eigenvalue weighted by Gasteiger charge is 2.27. The van der Waals surface area contributed by atoms with Crippen molar-refractivity contribution in [1.82, 2.24) is 9.78 Å². The van der Waals surface area contributed by atoms with Crippen molar-refractivity contribution in [3.8, 4) is 0 Å². The Bertz CT molecular complexity index is 396. The fourth-order valence-electron chi connectivity index (χ4n) is 2.69. The standard InChI is InChI=1S/C13H24N4/c1-5-17-13(12(14)11(4)15-17)16-8-9(2)6-7-10(16)3/h9-10H,5-8,14H2,1-4H3. The first-order valence-corrected chi connectivity index (χ1v) is 6.64. The zero-order chi connectivity index (χ0) is 12.6. The van der Waals surface area contributed by atoms with Crippen LogP contribution in [-0.2, 0) is 6.54 Å². The topological polar surface area (TPSA) is 47.1 Å². The van der Waals surface area contributed by atoms with Gasteiger partial charge in [0.2, 0.25) is 0 Å². The molecule has 2 N–H and O–H groups in total. The van der Waals surface area contributed by atoms with Crippen molar-refractivity contribution in [3.63, 3.8) is 0 Å². The SMILES string of the molecule is CCn1nc(C)c(N)c1N1CC(C)CCC1C. The molecule has 1 aliphatic rings. The number of piperidine rings is 1. The molecule has 0 bridgehead atoms. The fraction of sp³-hybridized carbons (Fsp3) is 0.769. The fourth-order valence-corrected chi connectivity index (χ4v) is 2.69. The molecule has 2 rings (SSSR count). The zero-order valence-electron chi connectivity index (χ0n) is 11.4. The Morgan fingerprint density at radius 1 is 1.35 bits per heavy atom. The van der Waals surface area contributed by atoms with Crippen LogP contribution in [0.15, 0.2) is 0 Å². The molecule has 0 spiro atoms. The van der Waals surface area contributed by atoms with E-state index in [0.29, 0.717) is 6.04 Å². The average molecular weight is 236 g/mol. The largest absolute Gasteiger partial charge is 0.394 e. The summed E-state index contributed by atoms with van der Waals surface area (Å²) in [6, 6.07) is 0.565. The summed E-state index contributed by atoms with van der Waals surface area (Å²) in [6.07, 6.45) is 2.56. The molecule has 0 radical (unpaired) electrons. The van der Waals surface area contributed by atoms with Crippen LogP contribution in [0.2, 0.25) is 0 Å². The lowest BCUT2D eigenvalue weighted by Gasteiger charge is -2.38. The number of nitrogens with zero attached hydrogens (tertiary/aromatic N) is 3. The molecule has 2 atom stereocenters. The third-order valence-corrected chi connectivity index (χ3v) is 3.84. The number of anilines is 2. The third-order valence-electron chi connectivity index (χ3n) is 3.84. The predicted molar refractivity (Wildman–Crippen MR) is 72.3 cm³/mol. The van der Waals surface area contributed by atoms with Crippen molar-refractivity contribution in [2.75, 3.05) is 17.2 Å². The highest BCUT2D eigenvalue weighted by molar-refractivity contribution is 5.66. The number of hydrogen-bond donors (Lipinski definition) is 1. The number of hydrogen-bond acceptors (Lipinski definition) is 3. The van der Waals surface area contributed by atoms with E-state index in [1.54, 1.807) is 0 Å². The summed E-state index contributed by atoms with van der Waals surface area (Å²) in [5.41, 5.74) is 8.00. The summed E-state index contributed by atoms with van der Waals surface area (Å²) >= 11 is 0. The third kappa shape index (κ3) is 2.13. The molecule has 0 saturated carbocycles. The number of nitrogen functional groups attached to an aromatic ring is 1. The summed E-state index contributed by atoms with van der Waals surface area (Å²) in [5, 5.41) is 4.51. The van der Waals surface area contributed by atoms with Gasteiger partial charge in [-0.2, -0.15) is 5.10 Å². The van der Waals surface area contributed by atoms with Gasteiger partial charge in [0, 0.05) is 19.1 Å². The molecule has 0 amide bonds. The number of rotatable bonds is 2. The highest BCUT2D eigenvalue weighted by Crippen LogP contribution is 2.33. The van der Waals surface area contributed by atoms with E-state index in [1.165, 1.54) is 12.8 Å². The molecule has 4 heteroatoms. The van der Waals surface area contributed by atoms with Crippen molar-refractivity contribution in [3.05, 3.63) is 5.69 Å². The van der Waals surface area contributed by atoms with E-state index in [0.717, 1.165) is 36.2 Å². The molecule has 17 heavy (non-hydrogen) atoms. The van der Waals surface area contributed by atoms with Crippen molar-refractivity contribution >= 4 is 11.5 Å². The van der Waals surface area contributed by atoms with Gasteiger partial charge in [-0.1, -0.05) is 6.92 Å². The maximum absolute atomic E-state index is 6.19. The van der Waals surface area contributed by atoms with E-state index in [2.05, 4.69) is 30.8 Å². The molecule has 96 valence electrons. The van der Waals surface area contributed by atoms with Crippen LogP contribution in [0, 0.1) is 12.8 Å². The quantitative estimate of drug-likeness (QED) is 0.858. The second kappa shape index (κ2) is 4.59. The normalized spacial score (nSPS) is 25.3. The molecular formula is C13H24N4. The summed E-state index contributed by atoms with van der Waals surface area (Å²) in [6.45, 7) is 10.7. The van der Waals surface area contributed by atoms with Gasteiger partial charge in [-0.05, 0) is 39.5 Å². The van der Waals surface area contributed by atoms with E-state index in [4.69, 9.17) is 5.73 Å². The molecule has 1 fully saturated rings. The van der Waals surface area contributed by atoms with E-state index in [-0.39, 0.29) is 0 Å². The lowest BCUT2D eigenvalue weighted by molar-refractivity contribution is 0.383. The van der Waals surface area contributed by atoms with Crippen molar-refractivity contribution < 1.29 is 0 Å². The van der Waals surface area contributed by atoms with E-state index < -0.39 is 0 Å². The average Bonchev–Trinajstić information content (AvgIpc) is 2.59. The zero-order valence-corrected chi connectivity index (χ0v) is 11.4. The van der Waals surface area contributed by atoms with E-state index in [9.17, 15) is 0 Å². The van der Waals surface area contributed by atoms with Gasteiger partial charge in [0.1, 0.15) is 0 Å². The molecule has 1 saturated heterocycles. The Kier molecular flexibility index (Phi) is 3.31. The van der Waals surface area contributed by atoms with Crippen LogP contribution in [0.5, 0.6) is 0 Å². The van der Waals surface area contributed by atoms with E-state index in [1.807, 2.05) is 11.6 Å². The molecule has 0 aliphatic carbocycles. The lowest BCUT2D eigenvalue weighted by atomic mass is 9.95.